The molecule has 2 nitrogen and oxygen atoms in total. The number of rotatable bonds is 6. The fraction of sp³-hybridized carbons (Fsp3) is 0.294. The summed E-state index contributed by atoms with van der Waals surface area (Å²) in [5.41, 5.74) is 2.20. The lowest BCUT2D eigenvalue weighted by atomic mass is 10.1. The van der Waals surface area contributed by atoms with Crippen molar-refractivity contribution in [2.75, 3.05) is 6.54 Å². The zero-order chi connectivity index (χ0) is 15.2. The average Bonchev–Trinajstić information content (AvgIpc) is 2.47. The quantitative estimate of drug-likeness (QED) is 0.742. The summed E-state index contributed by atoms with van der Waals surface area (Å²) in [4.78, 5) is 0. The SMILES string of the molecule is CCNC(C)c1cc(Cl)ccc1OCc1ccccc1Br. The predicted molar refractivity (Wildman–Crippen MR) is 92.0 cm³/mol. The van der Waals surface area contributed by atoms with Crippen LogP contribution >= 0.6 is 27.5 Å². The Hall–Kier alpha value is -1.03. The molecule has 0 aliphatic carbocycles. The molecule has 4 heteroatoms. The normalized spacial score (nSPS) is 12.2. The highest BCUT2D eigenvalue weighted by atomic mass is 79.9. The Balaban J connectivity index is 2.18. The Kier molecular flexibility index (Phi) is 6.09. The summed E-state index contributed by atoms with van der Waals surface area (Å²) in [7, 11) is 0. The van der Waals surface area contributed by atoms with Crippen molar-refractivity contribution < 1.29 is 4.74 Å². The lowest BCUT2D eigenvalue weighted by Gasteiger charge is -2.18. The second-order valence-corrected chi connectivity index (χ2v) is 6.13. The summed E-state index contributed by atoms with van der Waals surface area (Å²) in [6.07, 6.45) is 0. The molecule has 2 aromatic carbocycles. The summed E-state index contributed by atoms with van der Waals surface area (Å²) in [5.74, 6) is 0.864. The number of hydrogen-bond donors (Lipinski definition) is 1. The monoisotopic (exact) mass is 367 g/mol. The van der Waals surface area contributed by atoms with Crippen LogP contribution in [0.4, 0.5) is 0 Å². The van der Waals surface area contributed by atoms with Crippen molar-refractivity contribution >= 4 is 27.5 Å². The van der Waals surface area contributed by atoms with E-state index in [0.29, 0.717) is 6.61 Å². The molecule has 0 aliphatic heterocycles. The molecule has 0 aromatic heterocycles. The maximum atomic E-state index is 6.11. The number of hydrogen-bond acceptors (Lipinski definition) is 2. The lowest BCUT2D eigenvalue weighted by molar-refractivity contribution is 0.299. The second-order valence-electron chi connectivity index (χ2n) is 4.84. The van der Waals surface area contributed by atoms with E-state index < -0.39 is 0 Å². The van der Waals surface area contributed by atoms with Gasteiger partial charge in [-0.25, -0.2) is 0 Å². The van der Waals surface area contributed by atoms with E-state index in [1.165, 1.54) is 0 Å². The number of ether oxygens (including phenoxy) is 1. The van der Waals surface area contributed by atoms with Gasteiger partial charge in [0.2, 0.25) is 0 Å². The Labute approximate surface area is 139 Å². The van der Waals surface area contributed by atoms with Gasteiger partial charge in [-0.05, 0) is 37.7 Å². The van der Waals surface area contributed by atoms with E-state index in [2.05, 4.69) is 35.1 Å². The Morgan fingerprint density at radius 2 is 2.00 bits per heavy atom. The van der Waals surface area contributed by atoms with Crippen LogP contribution in [0.2, 0.25) is 5.02 Å². The van der Waals surface area contributed by atoms with E-state index in [4.69, 9.17) is 16.3 Å². The Bertz CT molecular complexity index is 603. The molecule has 1 atom stereocenters. The second kappa shape index (κ2) is 7.83. The molecule has 0 saturated carbocycles. The largest absolute Gasteiger partial charge is 0.489 e. The lowest BCUT2D eigenvalue weighted by Crippen LogP contribution is -2.18. The molecule has 0 spiro atoms. The van der Waals surface area contributed by atoms with Crippen LogP contribution < -0.4 is 10.1 Å². The highest BCUT2D eigenvalue weighted by molar-refractivity contribution is 9.10. The third-order valence-electron chi connectivity index (χ3n) is 3.29. The molecule has 0 amide bonds. The number of halogens is 2. The van der Waals surface area contributed by atoms with E-state index in [0.717, 1.165) is 32.9 Å². The van der Waals surface area contributed by atoms with Crippen LogP contribution in [-0.4, -0.2) is 6.54 Å². The van der Waals surface area contributed by atoms with Gasteiger partial charge in [-0.1, -0.05) is 52.7 Å². The van der Waals surface area contributed by atoms with Crippen molar-refractivity contribution in [3.8, 4) is 5.75 Å². The predicted octanol–water partition coefficient (Wildman–Crippen LogP) is 5.35. The summed E-state index contributed by atoms with van der Waals surface area (Å²) >= 11 is 9.65. The fourth-order valence-electron chi connectivity index (χ4n) is 2.18. The first kappa shape index (κ1) is 16.3. The van der Waals surface area contributed by atoms with Crippen LogP contribution in [0.25, 0.3) is 0 Å². The van der Waals surface area contributed by atoms with Gasteiger partial charge >= 0.3 is 0 Å². The van der Waals surface area contributed by atoms with Gasteiger partial charge in [0.15, 0.2) is 0 Å². The molecular weight excluding hydrogens is 350 g/mol. The first-order chi connectivity index (χ1) is 10.1. The third kappa shape index (κ3) is 4.47. The van der Waals surface area contributed by atoms with Gasteiger partial charge in [0.1, 0.15) is 12.4 Å². The van der Waals surface area contributed by atoms with Crippen molar-refractivity contribution in [2.24, 2.45) is 0 Å². The Morgan fingerprint density at radius 1 is 1.24 bits per heavy atom. The van der Waals surface area contributed by atoms with Gasteiger partial charge in [-0.3, -0.25) is 0 Å². The van der Waals surface area contributed by atoms with E-state index in [9.17, 15) is 0 Å². The summed E-state index contributed by atoms with van der Waals surface area (Å²) in [6.45, 7) is 5.62. The maximum absolute atomic E-state index is 6.11. The van der Waals surface area contributed by atoms with Crippen LogP contribution in [0.1, 0.15) is 31.0 Å². The highest BCUT2D eigenvalue weighted by Gasteiger charge is 2.12. The first-order valence-corrected chi connectivity index (χ1v) is 8.18. The molecule has 0 saturated heterocycles. The smallest absolute Gasteiger partial charge is 0.124 e. The Morgan fingerprint density at radius 3 is 2.71 bits per heavy atom. The van der Waals surface area contributed by atoms with E-state index in [1.54, 1.807) is 0 Å². The molecule has 0 heterocycles. The molecule has 0 aliphatic rings. The molecule has 2 rings (SSSR count). The van der Waals surface area contributed by atoms with Crippen LogP contribution in [0.3, 0.4) is 0 Å². The minimum atomic E-state index is 0.197. The number of nitrogens with one attached hydrogen (secondary N) is 1. The van der Waals surface area contributed by atoms with Gasteiger partial charge in [0.25, 0.3) is 0 Å². The third-order valence-corrected chi connectivity index (χ3v) is 4.30. The van der Waals surface area contributed by atoms with Crippen molar-refractivity contribution in [3.63, 3.8) is 0 Å². The van der Waals surface area contributed by atoms with Gasteiger partial charge in [0, 0.05) is 26.7 Å². The number of benzene rings is 2. The molecule has 2 aromatic rings. The first-order valence-electron chi connectivity index (χ1n) is 7.01. The van der Waals surface area contributed by atoms with Crippen molar-refractivity contribution in [1.82, 2.24) is 5.32 Å². The van der Waals surface area contributed by atoms with Crippen molar-refractivity contribution in [3.05, 3.63) is 63.1 Å². The van der Waals surface area contributed by atoms with E-state index >= 15 is 0 Å². The minimum absolute atomic E-state index is 0.197. The molecule has 0 radical (unpaired) electrons. The molecule has 21 heavy (non-hydrogen) atoms. The summed E-state index contributed by atoms with van der Waals surface area (Å²) in [5, 5.41) is 4.12. The van der Waals surface area contributed by atoms with Crippen molar-refractivity contribution in [1.29, 1.82) is 0 Å². The van der Waals surface area contributed by atoms with E-state index in [1.807, 2.05) is 42.5 Å². The van der Waals surface area contributed by atoms with Crippen molar-refractivity contribution in [2.45, 2.75) is 26.5 Å². The standard InChI is InChI=1S/C17H19BrClNO/c1-3-20-12(2)15-10-14(19)8-9-17(15)21-11-13-6-4-5-7-16(13)18/h4-10,12,20H,3,11H2,1-2H3. The molecule has 0 bridgehead atoms. The summed E-state index contributed by atoms with van der Waals surface area (Å²) in [6, 6.07) is 14.0. The molecule has 1 N–H and O–H groups in total. The highest BCUT2D eigenvalue weighted by Crippen LogP contribution is 2.29. The van der Waals surface area contributed by atoms with Crippen LogP contribution in [0.15, 0.2) is 46.9 Å². The average molecular weight is 369 g/mol. The molecule has 1 unspecified atom stereocenters. The zero-order valence-electron chi connectivity index (χ0n) is 12.2. The molecule has 0 fully saturated rings. The summed E-state index contributed by atoms with van der Waals surface area (Å²) < 4.78 is 7.05. The maximum Gasteiger partial charge on any atom is 0.124 e. The van der Waals surface area contributed by atoms with Crippen LogP contribution in [0, 0.1) is 0 Å². The van der Waals surface area contributed by atoms with Gasteiger partial charge in [-0.15, -0.1) is 0 Å². The topological polar surface area (TPSA) is 21.3 Å². The van der Waals surface area contributed by atoms with Gasteiger partial charge < -0.3 is 10.1 Å². The molecule has 112 valence electrons. The van der Waals surface area contributed by atoms with Gasteiger partial charge in [-0.2, -0.15) is 0 Å². The minimum Gasteiger partial charge on any atom is -0.489 e. The fourth-order valence-corrected chi connectivity index (χ4v) is 2.76. The van der Waals surface area contributed by atoms with E-state index in [-0.39, 0.29) is 6.04 Å². The van der Waals surface area contributed by atoms with Crippen LogP contribution in [-0.2, 0) is 6.61 Å². The van der Waals surface area contributed by atoms with Gasteiger partial charge in [0.05, 0.1) is 0 Å². The molecular formula is C17H19BrClNO. The zero-order valence-corrected chi connectivity index (χ0v) is 14.5. The van der Waals surface area contributed by atoms with Crippen LogP contribution in [0.5, 0.6) is 5.75 Å².